The molecular formula is C27H25N3O3. The summed E-state index contributed by atoms with van der Waals surface area (Å²) in [5.41, 5.74) is 3.21. The van der Waals surface area contributed by atoms with Gasteiger partial charge in [0.05, 0.1) is 18.4 Å². The third kappa shape index (κ3) is 3.74. The maximum absolute atomic E-state index is 13.7. The number of anilines is 2. The number of para-hydroxylation sites is 3. The van der Waals surface area contributed by atoms with Gasteiger partial charge in [-0.05, 0) is 30.3 Å². The fraction of sp³-hybridized carbons (Fsp3) is 0.185. The van der Waals surface area contributed by atoms with E-state index in [1.807, 2.05) is 65.6 Å². The fourth-order valence-corrected chi connectivity index (χ4v) is 4.54. The number of imide groups is 1. The maximum atomic E-state index is 13.7. The van der Waals surface area contributed by atoms with Gasteiger partial charge in [0.15, 0.2) is 0 Å². The Morgan fingerprint density at radius 2 is 1.18 bits per heavy atom. The SMILES string of the molecule is COc1ccccc1C1=C(N2CCN(c3ccccc3)CC2)C(=O)N(c2ccccc2)C1=O. The number of methoxy groups -OCH3 is 1. The van der Waals surface area contributed by atoms with Crippen molar-refractivity contribution < 1.29 is 14.3 Å². The summed E-state index contributed by atoms with van der Waals surface area (Å²) in [5, 5.41) is 0. The van der Waals surface area contributed by atoms with Gasteiger partial charge in [-0.25, -0.2) is 4.90 Å². The van der Waals surface area contributed by atoms with Crippen molar-refractivity contribution in [1.29, 1.82) is 0 Å². The summed E-state index contributed by atoms with van der Waals surface area (Å²) >= 11 is 0. The van der Waals surface area contributed by atoms with Gasteiger partial charge in [-0.3, -0.25) is 9.59 Å². The van der Waals surface area contributed by atoms with E-state index in [4.69, 9.17) is 4.74 Å². The number of nitrogens with zero attached hydrogens (tertiary/aromatic N) is 3. The molecule has 0 aromatic heterocycles. The third-order valence-corrected chi connectivity index (χ3v) is 6.17. The molecule has 0 unspecified atom stereocenters. The lowest BCUT2D eigenvalue weighted by molar-refractivity contribution is -0.120. The second kappa shape index (κ2) is 8.82. The van der Waals surface area contributed by atoms with Crippen LogP contribution in [-0.2, 0) is 9.59 Å². The van der Waals surface area contributed by atoms with Crippen LogP contribution in [0.15, 0.2) is 90.6 Å². The van der Waals surface area contributed by atoms with Crippen LogP contribution in [0.1, 0.15) is 5.56 Å². The molecule has 0 bridgehead atoms. The lowest BCUT2D eigenvalue weighted by atomic mass is 10.0. The number of benzene rings is 3. The van der Waals surface area contributed by atoms with Crippen LogP contribution >= 0.6 is 0 Å². The Morgan fingerprint density at radius 1 is 0.636 bits per heavy atom. The minimum absolute atomic E-state index is 0.291. The molecule has 0 N–H and O–H groups in total. The molecule has 166 valence electrons. The summed E-state index contributed by atoms with van der Waals surface area (Å²) in [5.74, 6) is -0.0413. The van der Waals surface area contributed by atoms with Crippen LogP contribution in [0, 0.1) is 0 Å². The number of piperazine rings is 1. The summed E-state index contributed by atoms with van der Waals surface area (Å²) < 4.78 is 5.55. The van der Waals surface area contributed by atoms with Crippen molar-refractivity contribution in [2.45, 2.75) is 0 Å². The van der Waals surface area contributed by atoms with Crippen LogP contribution < -0.4 is 14.5 Å². The zero-order valence-electron chi connectivity index (χ0n) is 18.5. The molecule has 6 heteroatoms. The average Bonchev–Trinajstić information content (AvgIpc) is 3.14. The van der Waals surface area contributed by atoms with Gasteiger partial charge in [-0.15, -0.1) is 0 Å². The largest absolute Gasteiger partial charge is 0.496 e. The van der Waals surface area contributed by atoms with Gasteiger partial charge >= 0.3 is 0 Å². The normalized spacial score (nSPS) is 16.6. The third-order valence-electron chi connectivity index (χ3n) is 6.17. The van der Waals surface area contributed by atoms with Gasteiger partial charge in [0.2, 0.25) is 0 Å². The smallest absolute Gasteiger partial charge is 0.282 e. The van der Waals surface area contributed by atoms with Crippen molar-refractivity contribution in [2.24, 2.45) is 0 Å². The van der Waals surface area contributed by atoms with E-state index >= 15 is 0 Å². The molecule has 2 aliphatic rings. The second-order valence-electron chi connectivity index (χ2n) is 8.01. The van der Waals surface area contributed by atoms with E-state index in [1.165, 1.54) is 4.90 Å². The van der Waals surface area contributed by atoms with Crippen LogP contribution in [0.2, 0.25) is 0 Å². The average molecular weight is 440 g/mol. The van der Waals surface area contributed by atoms with E-state index in [1.54, 1.807) is 19.2 Å². The molecule has 0 saturated carbocycles. The van der Waals surface area contributed by atoms with Crippen LogP contribution in [0.25, 0.3) is 5.57 Å². The highest BCUT2D eigenvalue weighted by Gasteiger charge is 2.43. The predicted octanol–water partition coefficient (Wildman–Crippen LogP) is 3.80. The van der Waals surface area contributed by atoms with Crippen LogP contribution in [0.3, 0.4) is 0 Å². The highest BCUT2D eigenvalue weighted by atomic mass is 16.5. The zero-order chi connectivity index (χ0) is 22.8. The number of amides is 2. The van der Waals surface area contributed by atoms with E-state index < -0.39 is 0 Å². The highest BCUT2D eigenvalue weighted by molar-refractivity contribution is 6.45. The standard InChI is InChI=1S/C27H25N3O3/c1-33-23-15-9-8-14-22(23)24-25(27(32)30(26(24)31)21-12-6-3-7-13-21)29-18-16-28(17-19-29)20-10-4-2-5-11-20/h2-15H,16-19H2,1H3. The number of ether oxygens (including phenoxy) is 1. The van der Waals surface area contributed by atoms with Gasteiger partial charge in [0.1, 0.15) is 11.4 Å². The monoisotopic (exact) mass is 439 g/mol. The Labute approximate surface area is 193 Å². The number of hydrogen-bond acceptors (Lipinski definition) is 5. The topological polar surface area (TPSA) is 53.1 Å². The Hall–Kier alpha value is -4.06. The number of rotatable bonds is 5. The molecule has 33 heavy (non-hydrogen) atoms. The summed E-state index contributed by atoms with van der Waals surface area (Å²) in [6, 6.07) is 26.7. The zero-order valence-corrected chi connectivity index (χ0v) is 18.5. The van der Waals surface area contributed by atoms with E-state index in [0.29, 0.717) is 41.4 Å². The molecule has 3 aromatic carbocycles. The van der Waals surface area contributed by atoms with Gasteiger partial charge < -0.3 is 14.5 Å². The van der Waals surface area contributed by atoms with Crippen molar-refractivity contribution >= 4 is 28.8 Å². The van der Waals surface area contributed by atoms with Crippen molar-refractivity contribution in [2.75, 3.05) is 43.1 Å². The van der Waals surface area contributed by atoms with Gasteiger partial charge in [-0.2, -0.15) is 0 Å². The minimum atomic E-state index is -0.323. The molecule has 6 nitrogen and oxygen atoms in total. The number of hydrogen-bond donors (Lipinski definition) is 0. The number of carbonyl (C=O) groups is 2. The van der Waals surface area contributed by atoms with Crippen molar-refractivity contribution in [3.63, 3.8) is 0 Å². The van der Waals surface area contributed by atoms with Gasteiger partial charge in [0, 0.05) is 37.4 Å². The molecule has 2 heterocycles. The Kier molecular flexibility index (Phi) is 5.57. The second-order valence-corrected chi connectivity index (χ2v) is 8.01. The van der Waals surface area contributed by atoms with E-state index in [9.17, 15) is 9.59 Å². The first-order valence-corrected chi connectivity index (χ1v) is 11.1. The molecule has 0 aliphatic carbocycles. The summed E-state index contributed by atoms with van der Waals surface area (Å²) in [6.45, 7) is 2.81. The quantitative estimate of drug-likeness (QED) is 0.566. The van der Waals surface area contributed by atoms with Crippen molar-refractivity contribution in [3.05, 3.63) is 96.2 Å². The molecule has 0 spiro atoms. The van der Waals surface area contributed by atoms with Crippen LogP contribution in [-0.4, -0.2) is 50.0 Å². The summed E-state index contributed by atoms with van der Waals surface area (Å²) in [6.07, 6.45) is 0. The molecule has 1 fully saturated rings. The molecule has 3 aromatic rings. The molecule has 2 amide bonds. The van der Waals surface area contributed by atoms with E-state index in [-0.39, 0.29) is 11.8 Å². The van der Waals surface area contributed by atoms with Gasteiger partial charge in [-0.1, -0.05) is 54.6 Å². The Bertz CT molecular complexity index is 1200. The molecular weight excluding hydrogens is 414 g/mol. The number of carbonyl (C=O) groups excluding carboxylic acids is 2. The van der Waals surface area contributed by atoms with E-state index in [2.05, 4.69) is 17.0 Å². The Balaban J connectivity index is 1.53. The summed E-state index contributed by atoms with van der Waals surface area (Å²) in [4.78, 5) is 33.0. The predicted molar refractivity (Wildman–Crippen MR) is 129 cm³/mol. The molecule has 0 atom stereocenters. The molecule has 1 saturated heterocycles. The first-order valence-electron chi connectivity index (χ1n) is 11.1. The maximum Gasteiger partial charge on any atom is 0.282 e. The van der Waals surface area contributed by atoms with Crippen molar-refractivity contribution in [3.8, 4) is 5.75 Å². The van der Waals surface area contributed by atoms with Gasteiger partial charge in [0.25, 0.3) is 11.8 Å². The first-order chi connectivity index (χ1) is 16.2. The van der Waals surface area contributed by atoms with E-state index in [0.717, 1.165) is 18.8 Å². The molecule has 5 rings (SSSR count). The molecule has 2 aliphatic heterocycles. The summed E-state index contributed by atoms with van der Waals surface area (Å²) in [7, 11) is 1.58. The fourth-order valence-electron chi connectivity index (χ4n) is 4.54. The van der Waals surface area contributed by atoms with Crippen molar-refractivity contribution in [1.82, 2.24) is 4.90 Å². The van der Waals surface area contributed by atoms with Crippen LogP contribution in [0.4, 0.5) is 11.4 Å². The lowest BCUT2D eigenvalue weighted by Crippen LogP contribution is -2.47. The lowest BCUT2D eigenvalue weighted by Gasteiger charge is -2.37. The first kappa shape index (κ1) is 20.8. The Morgan fingerprint density at radius 3 is 1.82 bits per heavy atom. The highest BCUT2D eigenvalue weighted by Crippen LogP contribution is 2.38. The molecule has 0 radical (unpaired) electrons. The van der Waals surface area contributed by atoms with Crippen LogP contribution in [0.5, 0.6) is 5.75 Å². The minimum Gasteiger partial charge on any atom is -0.496 e.